The zero-order valence-corrected chi connectivity index (χ0v) is 45.2. The summed E-state index contributed by atoms with van der Waals surface area (Å²) >= 11 is 0. The van der Waals surface area contributed by atoms with Crippen LogP contribution in [0.4, 0.5) is 0 Å². The molecule has 0 saturated heterocycles. The summed E-state index contributed by atoms with van der Waals surface area (Å²) in [6, 6.07) is 68.7. The van der Waals surface area contributed by atoms with E-state index in [-0.39, 0.29) is 20.4 Å². The van der Waals surface area contributed by atoms with Crippen molar-refractivity contribution in [3.8, 4) is 56.0 Å². The van der Waals surface area contributed by atoms with Gasteiger partial charge in [0.2, 0.25) is 0 Å². The van der Waals surface area contributed by atoms with Gasteiger partial charge in [-0.3, -0.25) is 9.97 Å². The SMILES string of the molecule is Cc1cccc(C)c1-c1ccc2c3ccc(Oc4[c-]c5c(cc4)c4ccc(-c6c(C)cccc6C)c(-c6c(C)cccc6C)c4n4c6ccccc6nc54)[c-]c3c3nc4ccccc4n3c2c1-c1c(C)cccc1C.[Pd+2]. The van der Waals surface area contributed by atoms with Crippen molar-refractivity contribution in [3.63, 3.8) is 0 Å². The molecule has 10 aromatic carbocycles. The van der Waals surface area contributed by atoms with Crippen molar-refractivity contribution in [2.75, 3.05) is 0 Å². The van der Waals surface area contributed by atoms with Crippen LogP contribution in [0, 0.1) is 67.5 Å². The normalized spacial score (nSPS) is 11.8. The van der Waals surface area contributed by atoms with Gasteiger partial charge in [0.15, 0.2) is 0 Å². The number of pyridine rings is 2. The Bertz CT molecular complexity index is 4400. The van der Waals surface area contributed by atoms with Crippen molar-refractivity contribution >= 4 is 76.7 Å². The summed E-state index contributed by atoms with van der Waals surface area (Å²) in [5.74, 6) is 1.16. The van der Waals surface area contributed by atoms with Gasteiger partial charge in [-0.2, -0.15) is 0 Å². The summed E-state index contributed by atoms with van der Waals surface area (Å²) < 4.78 is 11.7. The van der Waals surface area contributed by atoms with Gasteiger partial charge in [-0.25, -0.2) is 0 Å². The number of benzene rings is 10. The quantitative estimate of drug-likeness (QED) is 0.0947. The number of imidazole rings is 2. The number of aryl methyl sites for hydroxylation is 8. The molecule has 0 atom stereocenters. The number of hydrogen-bond donors (Lipinski definition) is 0. The molecule has 4 heterocycles. The van der Waals surface area contributed by atoms with E-state index >= 15 is 0 Å². The smallest absolute Gasteiger partial charge is 0.497 e. The van der Waals surface area contributed by atoms with Crippen LogP contribution in [0.15, 0.2) is 170 Å². The fraction of sp³-hybridized carbons (Fsp3) is 0.114. The van der Waals surface area contributed by atoms with E-state index in [0.29, 0.717) is 11.5 Å². The summed E-state index contributed by atoms with van der Waals surface area (Å²) in [5, 5.41) is 6.12. The van der Waals surface area contributed by atoms with Crippen LogP contribution < -0.4 is 4.74 Å². The van der Waals surface area contributed by atoms with Gasteiger partial charge in [0.1, 0.15) is 0 Å². The minimum Gasteiger partial charge on any atom is -0.497 e. The summed E-state index contributed by atoms with van der Waals surface area (Å²) in [7, 11) is 0. The van der Waals surface area contributed by atoms with E-state index in [2.05, 4.69) is 234 Å². The predicted octanol–water partition coefficient (Wildman–Crippen LogP) is 18.4. The van der Waals surface area contributed by atoms with E-state index in [1.54, 1.807) is 0 Å². The van der Waals surface area contributed by atoms with Crippen molar-refractivity contribution in [1.29, 1.82) is 0 Å². The minimum atomic E-state index is 0. The maximum atomic E-state index is 6.94. The molecule has 0 fully saturated rings. The van der Waals surface area contributed by atoms with Crippen LogP contribution in [0.25, 0.3) is 121 Å². The first-order chi connectivity index (χ1) is 36.5. The second-order valence-corrected chi connectivity index (χ2v) is 20.7. The van der Waals surface area contributed by atoms with Gasteiger partial charge in [-0.15, -0.1) is 12.1 Å². The molecule has 0 unspecified atom stereocenters. The van der Waals surface area contributed by atoms with Gasteiger partial charge >= 0.3 is 20.4 Å². The zero-order chi connectivity index (χ0) is 51.0. The van der Waals surface area contributed by atoms with Crippen LogP contribution in [0.3, 0.4) is 0 Å². The molecule has 0 saturated carbocycles. The van der Waals surface area contributed by atoms with Crippen LogP contribution in [-0.4, -0.2) is 18.8 Å². The molecule has 14 rings (SSSR count). The predicted molar refractivity (Wildman–Crippen MR) is 313 cm³/mol. The second-order valence-electron chi connectivity index (χ2n) is 20.7. The molecule has 76 heavy (non-hydrogen) atoms. The Morgan fingerprint density at radius 2 is 0.658 bits per heavy atom. The minimum absolute atomic E-state index is 0. The molecule has 4 aromatic heterocycles. The summed E-state index contributed by atoms with van der Waals surface area (Å²) in [6.45, 7) is 17.8. The Balaban J connectivity index is 0.00000553. The largest absolute Gasteiger partial charge is 2.00 e. The third kappa shape index (κ3) is 7.01. The molecule has 0 radical (unpaired) electrons. The van der Waals surface area contributed by atoms with E-state index in [1.807, 2.05) is 12.1 Å². The molecule has 5 nitrogen and oxygen atoms in total. The Kier molecular flexibility index (Phi) is 11.1. The summed E-state index contributed by atoms with van der Waals surface area (Å²) in [5.41, 5.74) is 27.5. The number of nitrogens with zero attached hydrogens (tertiary/aromatic N) is 4. The average molecular weight is 1070 g/mol. The molecule has 0 spiro atoms. The zero-order valence-electron chi connectivity index (χ0n) is 43.7. The first-order valence-electron chi connectivity index (χ1n) is 25.9. The summed E-state index contributed by atoms with van der Waals surface area (Å²) in [6.07, 6.45) is 0. The van der Waals surface area contributed by atoms with Gasteiger partial charge in [0, 0.05) is 33.7 Å². The van der Waals surface area contributed by atoms with Gasteiger partial charge in [0.25, 0.3) is 0 Å². The van der Waals surface area contributed by atoms with Crippen molar-refractivity contribution in [3.05, 3.63) is 226 Å². The van der Waals surface area contributed by atoms with Crippen LogP contribution in [-0.2, 0) is 20.4 Å². The number of rotatable bonds is 6. The molecule has 0 amide bonds. The van der Waals surface area contributed by atoms with Gasteiger partial charge in [-0.05, 0) is 168 Å². The maximum Gasteiger partial charge on any atom is 2.00 e. The molecular formula is C70H52N4OPd. The van der Waals surface area contributed by atoms with Crippen molar-refractivity contribution < 1.29 is 25.2 Å². The molecule has 0 bridgehead atoms. The van der Waals surface area contributed by atoms with Gasteiger partial charge in [-0.1, -0.05) is 167 Å². The molecule has 0 N–H and O–H groups in total. The molecule has 368 valence electrons. The summed E-state index contributed by atoms with van der Waals surface area (Å²) in [4.78, 5) is 10.8. The molecule has 14 aromatic rings. The molecule has 0 aliphatic heterocycles. The van der Waals surface area contributed by atoms with Crippen LogP contribution >= 0.6 is 0 Å². The maximum absolute atomic E-state index is 6.94. The van der Waals surface area contributed by atoms with E-state index < -0.39 is 0 Å². The number of hydrogen-bond acceptors (Lipinski definition) is 3. The van der Waals surface area contributed by atoms with Crippen LogP contribution in [0.5, 0.6) is 11.5 Å². The third-order valence-electron chi connectivity index (χ3n) is 16.0. The Morgan fingerprint density at radius 3 is 1.03 bits per heavy atom. The Morgan fingerprint density at radius 1 is 0.329 bits per heavy atom. The number of fused-ring (bicyclic) bond motifs is 16. The molecular weight excluding hydrogens is 1020 g/mol. The fourth-order valence-corrected chi connectivity index (χ4v) is 12.7. The second kappa shape index (κ2) is 17.9. The third-order valence-corrected chi connectivity index (χ3v) is 16.0. The standard InChI is InChI=1S/C70H52N4O.Pd/c1-39-17-13-18-40(2)61(39)53-35-33-51-49-31-29-47(37-55(49)69-71-57-25-9-11-27-59(57)73(69)67(51)65(53)63-43(5)21-15-22-44(63)6)75-48-30-32-50-52-34-36-54(62-41(3)19-14-20-42(62)4)66(64-45(7)23-16-24-46(64)8)68(52)74-60-28-12-10-26-58(60)72-70(74)56(50)38-48;/h9-36H,1-8H3;/q-2;+2. The van der Waals surface area contributed by atoms with Crippen molar-refractivity contribution in [1.82, 2.24) is 18.8 Å². The topological polar surface area (TPSA) is 43.8 Å². The first-order valence-corrected chi connectivity index (χ1v) is 25.9. The number of aromatic nitrogens is 4. The monoisotopic (exact) mass is 1070 g/mol. The molecule has 0 aliphatic carbocycles. The average Bonchev–Trinajstić information content (AvgIpc) is 4.00. The molecule has 6 heteroatoms. The van der Waals surface area contributed by atoms with Gasteiger partial charge in [0.05, 0.1) is 33.4 Å². The van der Waals surface area contributed by atoms with E-state index in [4.69, 9.17) is 14.7 Å². The fourth-order valence-electron chi connectivity index (χ4n) is 12.7. The number of para-hydroxylation sites is 4. The van der Waals surface area contributed by atoms with Crippen molar-refractivity contribution in [2.24, 2.45) is 0 Å². The van der Waals surface area contributed by atoms with Crippen molar-refractivity contribution in [2.45, 2.75) is 55.4 Å². The van der Waals surface area contributed by atoms with Crippen LogP contribution in [0.2, 0.25) is 0 Å². The van der Waals surface area contributed by atoms with E-state index in [1.165, 1.54) is 89.0 Å². The number of ether oxygens (including phenoxy) is 1. The van der Waals surface area contributed by atoms with E-state index in [0.717, 1.165) is 76.7 Å². The molecule has 0 aliphatic rings. The van der Waals surface area contributed by atoms with Gasteiger partial charge < -0.3 is 13.5 Å². The Labute approximate surface area is 455 Å². The van der Waals surface area contributed by atoms with Crippen LogP contribution in [0.1, 0.15) is 44.5 Å². The first kappa shape index (κ1) is 47.3. The van der Waals surface area contributed by atoms with E-state index in [9.17, 15) is 0 Å². The Hall–Kier alpha value is -8.40.